The summed E-state index contributed by atoms with van der Waals surface area (Å²) in [6.07, 6.45) is 0. The van der Waals surface area contributed by atoms with Crippen LogP contribution in [0.25, 0.3) is 10.8 Å². The standard InChI is InChI=1S/C20H21F6NO6S2/c1-9(2)17-15-12(32-34(28,29)19(21,22)23)7-5-11-6-8-13(33-35(30,31)20(24,25)26)16(14(11)15)18(27-17)10(3)4/h5-10,17-18,27H,1-4H3/t17-,18?/m0/s1. The second-order valence-corrected chi connectivity index (χ2v) is 11.7. The molecule has 1 N–H and O–H groups in total. The van der Waals surface area contributed by atoms with E-state index in [1.807, 2.05) is 0 Å². The SMILES string of the molecule is CC(C)C1N[C@@H](C(C)C)c2c(OS(=O)(=O)C(F)(F)F)ccc3ccc(OS(=O)(=O)C(F)(F)F)c1c23. The second-order valence-electron chi connectivity index (χ2n) is 8.63. The minimum Gasteiger partial charge on any atom is -0.376 e. The van der Waals surface area contributed by atoms with Crippen LogP contribution >= 0.6 is 0 Å². The van der Waals surface area contributed by atoms with E-state index in [4.69, 9.17) is 0 Å². The number of benzene rings is 2. The van der Waals surface area contributed by atoms with Crippen molar-refractivity contribution in [2.24, 2.45) is 11.8 Å². The molecule has 0 spiro atoms. The molecule has 7 nitrogen and oxygen atoms in total. The molecule has 196 valence electrons. The molecule has 3 rings (SSSR count). The maximum Gasteiger partial charge on any atom is 0.534 e. The molecule has 1 unspecified atom stereocenters. The number of hydrogen-bond donors (Lipinski definition) is 1. The first-order valence-corrected chi connectivity index (χ1v) is 13.0. The van der Waals surface area contributed by atoms with Crippen LogP contribution in [-0.4, -0.2) is 27.9 Å². The van der Waals surface area contributed by atoms with Gasteiger partial charge in [-0.2, -0.15) is 43.2 Å². The molecule has 0 radical (unpaired) electrons. The zero-order chi connectivity index (χ0) is 26.7. The van der Waals surface area contributed by atoms with Crippen molar-refractivity contribution in [3.63, 3.8) is 0 Å². The lowest BCUT2D eigenvalue weighted by Gasteiger charge is -2.39. The molecule has 1 heterocycles. The monoisotopic (exact) mass is 549 g/mol. The third-order valence-electron chi connectivity index (χ3n) is 5.47. The highest BCUT2D eigenvalue weighted by molar-refractivity contribution is 7.88. The Morgan fingerprint density at radius 1 is 0.714 bits per heavy atom. The molecule has 0 saturated carbocycles. The lowest BCUT2D eigenvalue weighted by atomic mass is 9.79. The molecule has 2 atom stereocenters. The van der Waals surface area contributed by atoms with Gasteiger partial charge in [-0.05, 0) is 34.7 Å². The van der Waals surface area contributed by atoms with Crippen molar-refractivity contribution in [1.29, 1.82) is 0 Å². The van der Waals surface area contributed by atoms with E-state index in [1.54, 1.807) is 27.7 Å². The second kappa shape index (κ2) is 8.69. The van der Waals surface area contributed by atoms with Crippen molar-refractivity contribution >= 4 is 31.0 Å². The number of hydrogen-bond acceptors (Lipinski definition) is 7. The van der Waals surface area contributed by atoms with Crippen molar-refractivity contribution in [2.45, 2.75) is 50.8 Å². The molecule has 35 heavy (non-hydrogen) atoms. The van der Waals surface area contributed by atoms with Gasteiger partial charge in [0.15, 0.2) is 0 Å². The lowest BCUT2D eigenvalue weighted by molar-refractivity contribution is -0.0504. The number of halogens is 6. The van der Waals surface area contributed by atoms with Crippen LogP contribution in [0, 0.1) is 11.8 Å². The van der Waals surface area contributed by atoms with Gasteiger partial charge in [0, 0.05) is 23.2 Å². The van der Waals surface area contributed by atoms with Gasteiger partial charge in [0.05, 0.1) is 0 Å². The molecule has 1 aliphatic rings. The molecular weight excluding hydrogens is 528 g/mol. The summed E-state index contributed by atoms with van der Waals surface area (Å²) in [5, 5.41) is 3.44. The zero-order valence-corrected chi connectivity index (χ0v) is 20.3. The Morgan fingerprint density at radius 2 is 1.06 bits per heavy atom. The fourth-order valence-corrected chi connectivity index (χ4v) is 4.89. The van der Waals surface area contributed by atoms with Crippen LogP contribution in [-0.2, 0) is 20.2 Å². The molecule has 2 aromatic rings. The fraction of sp³-hybridized carbons (Fsp3) is 0.500. The van der Waals surface area contributed by atoms with Gasteiger partial charge in [-0.15, -0.1) is 0 Å². The van der Waals surface area contributed by atoms with Crippen LogP contribution in [0.1, 0.15) is 50.9 Å². The van der Waals surface area contributed by atoms with E-state index in [2.05, 4.69) is 13.7 Å². The highest BCUT2D eigenvalue weighted by atomic mass is 32.2. The van der Waals surface area contributed by atoms with E-state index < -0.39 is 54.8 Å². The summed E-state index contributed by atoms with van der Waals surface area (Å²) in [6.45, 7) is 6.76. The number of rotatable bonds is 6. The van der Waals surface area contributed by atoms with Gasteiger partial charge in [0.1, 0.15) is 11.5 Å². The summed E-state index contributed by atoms with van der Waals surface area (Å²) in [6, 6.07) is 2.87. The van der Waals surface area contributed by atoms with E-state index in [9.17, 15) is 43.2 Å². The third-order valence-corrected chi connectivity index (χ3v) is 7.40. The van der Waals surface area contributed by atoms with E-state index in [0.717, 1.165) is 12.1 Å². The third kappa shape index (κ3) is 4.89. The van der Waals surface area contributed by atoms with Crippen molar-refractivity contribution in [2.75, 3.05) is 0 Å². The Labute approximate surface area is 197 Å². The largest absolute Gasteiger partial charge is 0.534 e. The van der Waals surface area contributed by atoms with Gasteiger partial charge in [-0.3, -0.25) is 0 Å². The van der Waals surface area contributed by atoms with Crippen molar-refractivity contribution < 1.29 is 51.5 Å². The fourth-order valence-electron chi connectivity index (χ4n) is 3.94. The first-order valence-electron chi connectivity index (χ1n) is 10.2. The van der Waals surface area contributed by atoms with E-state index in [-0.39, 0.29) is 28.3 Å². The normalized spacial score (nSPS) is 19.4. The van der Waals surface area contributed by atoms with Crippen LogP contribution in [0.3, 0.4) is 0 Å². The summed E-state index contributed by atoms with van der Waals surface area (Å²) in [5.41, 5.74) is -11.6. The minimum absolute atomic E-state index is 0.0471. The maximum atomic E-state index is 13.0. The van der Waals surface area contributed by atoms with Gasteiger partial charge in [0.25, 0.3) is 0 Å². The molecule has 2 aromatic carbocycles. The molecule has 0 fully saturated rings. The topological polar surface area (TPSA) is 98.8 Å². The van der Waals surface area contributed by atoms with Crippen LogP contribution in [0.15, 0.2) is 24.3 Å². The Hall–Kier alpha value is -2.26. The average Bonchev–Trinajstić information content (AvgIpc) is 2.68. The van der Waals surface area contributed by atoms with Gasteiger partial charge in [-0.1, -0.05) is 39.8 Å². The lowest BCUT2D eigenvalue weighted by Crippen LogP contribution is -2.38. The molecule has 0 bridgehead atoms. The van der Waals surface area contributed by atoms with Gasteiger partial charge in [-0.25, -0.2) is 0 Å². The molecule has 0 amide bonds. The molecular formula is C20H21F6NO6S2. The average molecular weight is 550 g/mol. The van der Waals surface area contributed by atoms with Crippen LogP contribution in [0.2, 0.25) is 0 Å². The maximum absolute atomic E-state index is 13.0. The molecule has 0 saturated heterocycles. The first-order chi connectivity index (χ1) is 15.8. The van der Waals surface area contributed by atoms with E-state index in [1.165, 1.54) is 12.1 Å². The molecule has 1 aliphatic heterocycles. The molecule has 0 aromatic heterocycles. The van der Waals surface area contributed by atoms with Gasteiger partial charge in [0.2, 0.25) is 0 Å². The Balaban J connectivity index is 2.40. The number of alkyl halides is 6. The Morgan fingerprint density at radius 3 is 1.34 bits per heavy atom. The Bertz CT molecular complexity index is 1250. The molecule has 0 aliphatic carbocycles. The van der Waals surface area contributed by atoms with Crippen LogP contribution < -0.4 is 13.7 Å². The highest BCUT2D eigenvalue weighted by Gasteiger charge is 2.51. The number of nitrogens with one attached hydrogen (secondary N) is 1. The van der Waals surface area contributed by atoms with E-state index in [0.29, 0.717) is 5.39 Å². The highest BCUT2D eigenvalue weighted by Crippen LogP contribution is 2.50. The minimum atomic E-state index is -6.08. The zero-order valence-electron chi connectivity index (χ0n) is 18.7. The predicted octanol–water partition coefficient (Wildman–Crippen LogP) is 5.29. The summed E-state index contributed by atoms with van der Waals surface area (Å²) in [4.78, 5) is 0. The summed E-state index contributed by atoms with van der Waals surface area (Å²) < 4.78 is 134. The Kier molecular flexibility index (Phi) is 6.79. The first kappa shape index (κ1) is 27.3. The predicted molar refractivity (Wildman–Crippen MR) is 113 cm³/mol. The smallest absolute Gasteiger partial charge is 0.376 e. The molecule has 15 heteroatoms. The van der Waals surface area contributed by atoms with Crippen molar-refractivity contribution in [1.82, 2.24) is 5.32 Å². The van der Waals surface area contributed by atoms with Crippen molar-refractivity contribution in [3.8, 4) is 11.5 Å². The quantitative estimate of drug-likeness (QED) is 0.297. The van der Waals surface area contributed by atoms with Crippen molar-refractivity contribution in [3.05, 3.63) is 35.4 Å². The summed E-state index contributed by atoms with van der Waals surface area (Å²) in [5.74, 6) is -2.09. The van der Waals surface area contributed by atoms with Gasteiger partial charge >= 0.3 is 31.3 Å². The van der Waals surface area contributed by atoms with Crippen LogP contribution in [0.5, 0.6) is 11.5 Å². The van der Waals surface area contributed by atoms with Gasteiger partial charge < -0.3 is 13.7 Å². The van der Waals surface area contributed by atoms with E-state index >= 15 is 0 Å². The summed E-state index contributed by atoms with van der Waals surface area (Å²) in [7, 11) is -12.2. The summed E-state index contributed by atoms with van der Waals surface area (Å²) >= 11 is 0. The van der Waals surface area contributed by atoms with Crippen LogP contribution in [0.4, 0.5) is 26.3 Å².